The van der Waals surface area contributed by atoms with E-state index in [-0.39, 0.29) is 12.0 Å². The number of nitrogens with zero attached hydrogens (tertiary/aromatic N) is 3. The maximum Gasteiger partial charge on any atom is 0.226 e. The molecule has 0 radical (unpaired) electrons. The zero-order chi connectivity index (χ0) is 18.4. The molecular weight excluding hydrogens is 338 g/mol. The first kappa shape index (κ1) is 16.4. The highest BCUT2D eigenvalue weighted by Crippen LogP contribution is 2.38. The lowest BCUT2D eigenvalue weighted by atomic mass is 10.1. The van der Waals surface area contributed by atoms with E-state index < -0.39 is 0 Å². The Bertz CT molecular complexity index is 919. The van der Waals surface area contributed by atoms with Gasteiger partial charge in [-0.25, -0.2) is 4.99 Å². The molecule has 27 heavy (non-hydrogen) atoms. The molecule has 0 aromatic heterocycles. The molecule has 1 saturated carbocycles. The normalized spacial score (nSPS) is 21.5. The lowest BCUT2D eigenvalue weighted by Gasteiger charge is -2.41. The third-order valence-electron chi connectivity index (χ3n) is 5.58. The average Bonchev–Trinajstić information content (AvgIpc) is 3.53. The Morgan fingerprint density at radius 1 is 1.04 bits per heavy atom. The number of hydrogen-bond acceptors (Lipinski definition) is 4. The summed E-state index contributed by atoms with van der Waals surface area (Å²) in [6.07, 6.45) is 2.11. The summed E-state index contributed by atoms with van der Waals surface area (Å²) >= 11 is 0. The van der Waals surface area contributed by atoms with Crippen LogP contribution in [0.5, 0.6) is 11.5 Å². The fourth-order valence-corrected chi connectivity index (χ4v) is 3.95. The molecule has 2 heterocycles. The van der Waals surface area contributed by atoms with Crippen molar-refractivity contribution in [3.63, 3.8) is 0 Å². The molecule has 5 nitrogen and oxygen atoms in total. The molecular formula is C22H23N3O2. The highest BCUT2D eigenvalue weighted by atomic mass is 16.5. The Kier molecular flexibility index (Phi) is 3.88. The third kappa shape index (κ3) is 2.97. The van der Waals surface area contributed by atoms with Gasteiger partial charge in [0.25, 0.3) is 0 Å². The number of benzene rings is 2. The number of ether oxygens (including phenoxy) is 1. The van der Waals surface area contributed by atoms with Crippen LogP contribution in [-0.4, -0.2) is 47.2 Å². The van der Waals surface area contributed by atoms with Crippen molar-refractivity contribution in [3.8, 4) is 11.5 Å². The number of rotatable bonds is 1. The van der Waals surface area contributed by atoms with Gasteiger partial charge >= 0.3 is 0 Å². The van der Waals surface area contributed by atoms with Crippen molar-refractivity contribution >= 4 is 17.4 Å². The molecule has 1 aliphatic carbocycles. The number of para-hydroxylation sites is 3. The summed E-state index contributed by atoms with van der Waals surface area (Å²) in [5, 5.41) is 0. The van der Waals surface area contributed by atoms with Crippen LogP contribution in [0.1, 0.15) is 25.3 Å². The molecule has 3 aliphatic rings. The van der Waals surface area contributed by atoms with Gasteiger partial charge in [-0.1, -0.05) is 24.3 Å². The summed E-state index contributed by atoms with van der Waals surface area (Å²) < 4.78 is 6.14. The largest absolute Gasteiger partial charge is 0.454 e. The minimum atomic E-state index is 0.182. The first-order chi connectivity index (χ1) is 13.2. The van der Waals surface area contributed by atoms with E-state index in [4.69, 9.17) is 9.73 Å². The van der Waals surface area contributed by atoms with Gasteiger partial charge in [-0.3, -0.25) is 4.79 Å². The van der Waals surface area contributed by atoms with Crippen LogP contribution in [0.4, 0.5) is 5.69 Å². The second kappa shape index (κ2) is 6.41. The lowest BCUT2D eigenvalue weighted by molar-refractivity contribution is -0.136. The van der Waals surface area contributed by atoms with Crippen LogP contribution in [0.15, 0.2) is 53.5 Å². The fraction of sp³-hybridized carbons (Fsp3) is 0.364. The second-order valence-electron chi connectivity index (χ2n) is 7.60. The van der Waals surface area contributed by atoms with E-state index in [1.807, 2.05) is 42.5 Å². The van der Waals surface area contributed by atoms with Crippen molar-refractivity contribution in [2.45, 2.75) is 25.8 Å². The number of fused-ring (bicyclic) bond motifs is 2. The van der Waals surface area contributed by atoms with Gasteiger partial charge in [-0.2, -0.15) is 0 Å². The topological polar surface area (TPSA) is 45.1 Å². The summed E-state index contributed by atoms with van der Waals surface area (Å²) in [6, 6.07) is 16.1. The third-order valence-corrected chi connectivity index (χ3v) is 5.58. The summed E-state index contributed by atoms with van der Waals surface area (Å²) in [5.41, 5.74) is 1.84. The summed E-state index contributed by atoms with van der Waals surface area (Å²) in [4.78, 5) is 21.9. The van der Waals surface area contributed by atoms with Crippen LogP contribution in [0, 0.1) is 5.92 Å². The van der Waals surface area contributed by atoms with Crippen LogP contribution in [0.25, 0.3) is 0 Å². The maximum absolute atomic E-state index is 12.5. The Hall–Kier alpha value is -2.82. The highest BCUT2D eigenvalue weighted by Gasteiger charge is 2.38. The minimum absolute atomic E-state index is 0.182. The minimum Gasteiger partial charge on any atom is -0.454 e. The Morgan fingerprint density at radius 3 is 2.56 bits per heavy atom. The number of amides is 1. The van der Waals surface area contributed by atoms with Crippen LogP contribution < -0.4 is 4.74 Å². The first-order valence-electron chi connectivity index (χ1n) is 9.71. The van der Waals surface area contributed by atoms with Gasteiger partial charge in [-0.15, -0.1) is 0 Å². The monoisotopic (exact) mass is 361 g/mol. The molecule has 0 spiro atoms. The molecule has 2 aromatic rings. The first-order valence-corrected chi connectivity index (χ1v) is 9.71. The molecule has 1 amide bonds. The predicted molar refractivity (Wildman–Crippen MR) is 105 cm³/mol. The molecule has 2 aliphatic heterocycles. The predicted octanol–water partition coefficient (Wildman–Crippen LogP) is 3.81. The molecule has 2 aromatic carbocycles. The van der Waals surface area contributed by atoms with E-state index in [9.17, 15) is 4.79 Å². The Morgan fingerprint density at radius 2 is 1.78 bits per heavy atom. The van der Waals surface area contributed by atoms with Crippen molar-refractivity contribution in [2.75, 3.05) is 19.6 Å². The maximum atomic E-state index is 12.5. The SMILES string of the molecule is CC1CN(C2=Nc3ccccc3Oc3ccccc32)CCN1C(=O)C1CC1. The van der Waals surface area contributed by atoms with Crippen molar-refractivity contribution < 1.29 is 9.53 Å². The number of aliphatic imine (C=N–C) groups is 1. The van der Waals surface area contributed by atoms with Crippen molar-refractivity contribution in [3.05, 3.63) is 54.1 Å². The van der Waals surface area contributed by atoms with E-state index >= 15 is 0 Å². The summed E-state index contributed by atoms with van der Waals surface area (Å²) in [6.45, 7) is 4.46. The average molecular weight is 361 g/mol. The summed E-state index contributed by atoms with van der Waals surface area (Å²) in [5.74, 6) is 3.14. The molecule has 0 bridgehead atoms. The van der Waals surface area contributed by atoms with Crippen LogP contribution in [0.2, 0.25) is 0 Å². The molecule has 1 saturated heterocycles. The van der Waals surface area contributed by atoms with Crippen LogP contribution in [-0.2, 0) is 4.79 Å². The molecule has 5 rings (SSSR count). The number of piperazine rings is 1. The van der Waals surface area contributed by atoms with Gasteiger partial charge in [0.1, 0.15) is 17.3 Å². The Labute approximate surface area is 159 Å². The van der Waals surface area contributed by atoms with Crippen LogP contribution >= 0.6 is 0 Å². The zero-order valence-corrected chi connectivity index (χ0v) is 15.5. The van der Waals surface area contributed by atoms with Gasteiger partial charge in [0.15, 0.2) is 5.75 Å². The van der Waals surface area contributed by atoms with Crippen molar-refractivity contribution in [1.82, 2.24) is 9.80 Å². The smallest absolute Gasteiger partial charge is 0.226 e. The number of hydrogen-bond donors (Lipinski definition) is 0. The van der Waals surface area contributed by atoms with E-state index in [0.717, 1.165) is 61.1 Å². The van der Waals surface area contributed by atoms with Crippen molar-refractivity contribution in [2.24, 2.45) is 10.9 Å². The van der Waals surface area contributed by atoms with Gasteiger partial charge in [0.2, 0.25) is 5.91 Å². The van der Waals surface area contributed by atoms with E-state index in [1.165, 1.54) is 0 Å². The summed E-state index contributed by atoms with van der Waals surface area (Å²) in [7, 11) is 0. The van der Waals surface area contributed by atoms with Gasteiger partial charge in [0.05, 0.1) is 5.56 Å². The van der Waals surface area contributed by atoms with Gasteiger partial charge in [-0.05, 0) is 44.0 Å². The number of amidine groups is 1. The van der Waals surface area contributed by atoms with Crippen LogP contribution in [0.3, 0.4) is 0 Å². The number of carbonyl (C=O) groups excluding carboxylic acids is 1. The zero-order valence-electron chi connectivity index (χ0n) is 15.5. The quantitative estimate of drug-likeness (QED) is 0.776. The van der Waals surface area contributed by atoms with Crippen molar-refractivity contribution in [1.29, 1.82) is 0 Å². The molecule has 0 N–H and O–H groups in total. The highest BCUT2D eigenvalue weighted by molar-refractivity contribution is 6.03. The molecule has 138 valence electrons. The standard InChI is InChI=1S/C22H23N3O2/c1-15-14-24(12-13-25(15)22(26)16-10-11-16)21-17-6-2-4-8-19(17)27-20-9-5-3-7-18(20)23-21/h2-9,15-16H,10-14H2,1H3. The fourth-order valence-electron chi connectivity index (χ4n) is 3.95. The molecule has 1 unspecified atom stereocenters. The molecule has 5 heteroatoms. The van der Waals surface area contributed by atoms with Gasteiger partial charge in [0, 0.05) is 31.6 Å². The van der Waals surface area contributed by atoms with Gasteiger partial charge < -0.3 is 14.5 Å². The second-order valence-corrected chi connectivity index (χ2v) is 7.60. The molecule has 2 fully saturated rings. The van der Waals surface area contributed by atoms with E-state index in [2.05, 4.69) is 22.8 Å². The van der Waals surface area contributed by atoms with E-state index in [0.29, 0.717) is 5.91 Å². The Balaban J connectivity index is 1.48. The number of carbonyl (C=O) groups is 1. The molecule has 1 atom stereocenters. The van der Waals surface area contributed by atoms with E-state index in [1.54, 1.807) is 0 Å². The lowest BCUT2D eigenvalue weighted by Crippen LogP contribution is -2.56.